The third kappa shape index (κ3) is 6.26. The van der Waals surface area contributed by atoms with Crippen molar-refractivity contribution < 1.29 is 23.8 Å². The molecule has 5 rings (SSSR count). The molecule has 1 aliphatic rings. The first-order valence-corrected chi connectivity index (χ1v) is 14.2. The van der Waals surface area contributed by atoms with Gasteiger partial charge in [0.1, 0.15) is 18.1 Å². The number of methoxy groups -OCH3 is 2. The number of thiophene rings is 1. The molecule has 210 valence electrons. The zero-order valence-electron chi connectivity index (χ0n) is 22.6. The first-order chi connectivity index (χ1) is 19.6. The van der Waals surface area contributed by atoms with Crippen LogP contribution in [0.5, 0.6) is 11.5 Å². The molecule has 2 amide bonds. The Hall–Kier alpha value is -3.96. The standard InChI is InChI=1S/C29H33N5O5S/c1-37-24-12-11-20(17-25(24)38-2)13-14-33(27(35)19-34-23-9-4-3-8-22(23)31-32-34)28(26-10-6-16-40-26)29(36)30-18-21-7-5-15-39-21/h3-4,6,8-12,16-17,21,28H,5,7,13-15,18-19H2,1-2H3,(H,30,36)/t21-,28-/m0/s1. The third-order valence-corrected chi connectivity index (χ3v) is 7.94. The second kappa shape index (κ2) is 12.9. The largest absolute Gasteiger partial charge is 0.493 e. The van der Waals surface area contributed by atoms with E-state index in [1.807, 2.05) is 60.0 Å². The molecule has 11 heteroatoms. The van der Waals surface area contributed by atoms with Gasteiger partial charge < -0.3 is 24.4 Å². The van der Waals surface area contributed by atoms with Crippen LogP contribution in [0.1, 0.15) is 29.3 Å². The molecule has 0 saturated carbocycles. The Bertz CT molecular complexity index is 1430. The lowest BCUT2D eigenvalue weighted by atomic mass is 10.1. The molecule has 2 aromatic carbocycles. The summed E-state index contributed by atoms with van der Waals surface area (Å²) in [4.78, 5) is 30.2. The minimum atomic E-state index is -0.802. The van der Waals surface area contributed by atoms with Crippen LogP contribution in [-0.4, -0.2) is 71.7 Å². The Labute approximate surface area is 236 Å². The van der Waals surface area contributed by atoms with Crippen LogP contribution in [0.3, 0.4) is 0 Å². The summed E-state index contributed by atoms with van der Waals surface area (Å²) in [5, 5.41) is 13.4. The summed E-state index contributed by atoms with van der Waals surface area (Å²) in [5.74, 6) is 0.766. The van der Waals surface area contributed by atoms with Gasteiger partial charge in [0.25, 0.3) is 0 Å². The van der Waals surface area contributed by atoms with E-state index in [4.69, 9.17) is 14.2 Å². The smallest absolute Gasteiger partial charge is 0.248 e. The predicted octanol–water partition coefficient (Wildman–Crippen LogP) is 3.62. The van der Waals surface area contributed by atoms with E-state index in [1.54, 1.807) is 23.8 Å². The number of fused-ring (bicyclic) bond motifs is 1. The minimum absolute atomic E-state index is 0.00892. The van der Waals surface area contributed by atoms with Gasteiger partial charge in [0, 0.05) is 24.6 Å². The van der Waals surface area contributed by atoms with E-state index < -0.39 is 6.04 Å². The van der Waals surface area contributed by atoms with Gasteiger partial charge in [0.15, 0.2) is 11.5 Å². The molecule has 1 N–H and O–H groups in total. The molecular weight excluding hydrogens is 530 g/mol. The van der Waals surface area contributed by atoms with Crippen LogP contribution < -0.4 is 14.8 Å². The highest BCUT2D eigenvalue weighted by Crippen LogP contribution is 2.30. The predicted molar refractivity (Wildman–Crippen MR) is 152 cm³/mol. The van der Waals surface area contributed by atoms with Gasteiger partial charge in [-0.2, -0.15) is 0 Å². The maximum atomic E-state index is 14.0. The second-order valence-electron chi connectivity index (χ2n) is 9.56. The van der Waals surface area contributed by atoms with Crippen LogP contribution >= 0.6 is 11.3 Å². The van der Waals surface area contributed by atoms with Gasteiger partial charge in [-0.3, -0.25) is 9.59 Å². The third-order valence-electron chi connectivity index (χ3n) is 7.02. The monoisotopic (exact) mass is 563 g/mol. The SMILES string of the molecule is COc1ccc(CCN(C(=O)Cn2nnc3ccccc32)[C@H](C(=O)NC[C@@H]2CCCO2)c2cccs2)cc1OC. The van der Waals surface area contributed by atoms with E-state index in [2.05, 4.69) is 15.6 Å². The average Bonchev–Trinajstić information content (AvgIpc) is 3.77. The van der Waals surface area contributed by atoms with Crippen molar-refractivity contribution in [1.29, 1.82) is 0 Å². The maximum absolute atomic E-state index is 14.0. The number of carbonyl (C=O) groups is 2. The fraction of sp³-hybridized carbons (Fsp3) is 0.379. The highest BCUT2D eigenvalue weighted by atomic mass is 32.1. The van der Waals surface area contributed by atoms with Gasteiger partial charge in [-0.1, -0.05) is 29.5 Å². The molecule has 3 heterocycles. The summed E-state index contributed by atoms with van der Waals surface area (Å²) in [6, 6.07) is 16.1. The van der Waals surface area contributed by atoms with Crippen LogP contribution in [-0.2, 0) is 27.3 Å². The van der Waals surface area contributed by atoms with Crippen molar-refractivity contribution in [1.82, 2.24) is 25.2 Å². The molecule has 10 nitrogen and oxygen atoms in total. The number of ether oxygens (including phenoxy) is 3. The van der Waals surface area contributed by atoms with Gasteiger partial charge in [-0.25, -0.2) is 4.68 Å². The normalized spacial score (nSPS) is 15.6. The maximum Gasteiger partial charge on any atom is 0.248 e. The van der Waals surface area contributed by atoms with E-state index in [-0.39, 0.29) is 24.5 Å². The zero-order chi connectivity index (χ0) is 27.9. The molecule has 0 spiro atoms. The van der Waals surface area contributed by atoms with E-state index in [9.17, 15) is 9.59 Å². The van der Waals surface area contributed by atoms with Crippen LogP contribution in [0.15, 0.2) is 60.0 Å². The number of nitrogens with zero attached hydrogens (tertiary/aromatic N) is 4. The summed E-state index contributed by atoms with van der Waals surface area (Å²) in [6.45, 7) is 1.37. The lowest BCUT2D eigenvalue weighted by molar-refractivity contribution is -0.141. The van der Waals surface area contributed by atoms with Gasteiger partial charge >= 0.3 is 0 Å². The van der Waals surface area contributed by atoms with E-state index >= 15 is 0 Å². The lowest BCUT2D eigenvalue weighted by Gasteiger charge is -2.31. The molecule has 4 aromatic rings. The molecular formula is C29H33N5O5S. The summed E-state index contributed by atoms with van der Waals surface area (Å²) in [7, 11) is 3.18. The molecule has 1 fully saturated rings. The number of para-hydroxylation sites is 1. The Kier molecular flexibility index (Phi) is 8.92. The topological polar surface area (TPSA) is 108 Å². The van der Waals surface area contributed by atoms with Gasteiger partial charge in [0.05, 0.1) is 25.8 Å². The molecule has 1 aliphatic heterocycles. The van der Waals surface area contributed by atoms with Gasteiger partial charge in [-0.05, 0) is 60.5 Å². The molecule has 0 unspecified atom stereocenters. The average molecular weight is 564 g/mol. The molecule has 1 saturated heterocycles. The number of benzene rings is 2. The quantitative estimate of drug-likeness (QED) is 0.281. The summed E-state index contributed by atoms with van der Waals surface area (Å²) in [6.07, 6.45) is 2.39. The molecule has 0 aliphatic carbocycles. The van der Waals surface area contributed by atoms with E-state index in [1.165, 1.54) is 11.3 Å². The van der Waals surface area contributed by atoms with Crippen molar-refractivity contribution in [3.63, 3.8) is 0 Å². The zero-order valence-corrected chi connectivity index (χ0v) is 23.4. The van der Waals surface area contributed by atoms with Crippen LogP contribution in [0.25, 0.3) is 11.0 Å². The molecule has 2 aromatic heterocycles. The Morgan fingerprint density at radius 3 is 2.75 bits per heavy atom. The Morgan fingerprint density at radius 1 is 1.15 bits per heavy atom. The van der Waals surface area contributed by atoms with Crippen LogP contribution in [0.2, 0.25) is 0 Å². The number of rotatable bonds is 12. The number of nitrogens with one attached hydrogen (secondary N) is 1. The summed E-state index contributed by atoms with van der Waals surface area (Å²) in [5.41, 5.74) is 2.41. The molecule has 40 heavy (non-hydrogen) atoms. The van der Waals surface area contributed by atoms with Crippen molar-refractivity contribution in [3.8, 4) is 11.5 Å². The van der Waals surface area contributed by atoms with E-state index in [0.717, 1.165) is 28.8 Å². The highest BCUT2D eigenvalue weighted by molar-refractivity contribution is 7.10. The highest BCUT2D eigenvalue weighted by Gasteiger charge is 2.33. The number of hydrogen-bond donors (Lipinski definition) is 1. The fourth-order valence-electron chi connectivity index (χ4n) is 4.92. The van der Waals surface area contributed by atoms with Crippen LogP contribution in [0.4, 0.5) is 0 Å². The summed E-state index contributed by atoms with van der Waals surface area (Å²) >= 11 is 1.45. The van der Waals surface area contributed by atoms with Crippen LogP contribution in [0, 0.1) is 0 Å². The number of hydrogen-bond acceptors (Lipinski definition) is 8. The van der Waals surface area contributed by atoms with Crippen molar-refractivity contribution >= 4 is 34.2 Å². The summed E-state index contributed by atoms with van der Waals surface area (Å²) < 4.78 is 18.1. The van der Waals surface area contributed by atoms with Crippen molar-refractivity contribution in [2.24, 2.45) is 0 Å². The lowest BCUT2D eigenvalue weighted by Crippen LogP contribution is -2.46. The Balaban J connectivity index is 1.43. The van der Waals surface area contributed by atoms with Gasteiger partial charge in [-0.15, -0.1) is 16.4 Å². The fourth-order valence-corrected chi connectivity index (χ4v) is 5.76. The number of aromatic nitrogens is 3. The first kappa shape index (κ1) is 27.6. The molecule has 0 radical (unpaired) electrons. The molecule has 0 bridgehead atoms. The molecule has 2 atom stereocenters. The van der Waals surface area contributed by atoms with E-state index in [0.29, 0.717) is 43.1 Å². The second-order valence-corrected chi connectivity index (χ2v) is 10.5. The first-order valence-electron chi connectivity index (χ1n) is 13.3. The van der Waals surface area contributed by atoms with Gasteiger partial charge in [0.2, 0.25) is 11.8 Å². The van der Waals surface area contributed by atoms with Crippen molar-refractivity contribution in [2.45, 2.75) is 38.0 Å². The van der Waals surface area contributed by atoms with Crippen molar-refractivity contribution in [3.05, 3.63) is 70.4 Å². The minimum Gasteiger partial charge on any atom is -0.493 e. The van der Waals surface area contributed by atoms with Crippen molar-refractivity contribution in [2.75, 3.05) is 33.9 Å². The Morgan fingerprint density at radius 2 is 2.00 bits per heavy atom. The number of carbonyl (C=O) groups excluding carboxylic acids is 2. The number of amides is 2.